The maximum Gasteiger partial charge on any atom is -0.0317 e. The molecule has 1 radical (unpaired) electrons. The maximum atomic E-state index is 2.35. The molecule has 0 aromatic heterocycles. The van der Waals surface area contributed by atoms with Crippen LogP contribution < -0.4 is 0 Å². The van der Waals surface area contributed by atoms with Gasteiger partial charge >= 0.3 is 0 Å². The van der Waals surface area contributed by atoms with Gasteiger partial charge in [0.2, 0.25) is 0 Å². The molecule has 0 heterocycles. The Labute approximate surface area is 45.2 Å². The van der Waals surface area contributed by atoms with Crippen LogP contribution in [0.1, 0.15) is 19.8 Å². The molecule has 1 aliphatic rings. The monoisotopic (exact) mass is 95.1 g/mol. The van der Waals surface area contributed by atoms with Gasteiger partial charge in [0.1, 0.15) is 0 Å². The van der Waals surface area contributed by atoms with Crippen LogP contribution in [0.15, 0.2) is 12.2 Å². The van der Waals surface area contributed by atoms with E-state index in [2.05, 4.69) is 25.5 Å². The summed E-state index contributed by atoms with van der Waals surface area (Å²) in [5.74, 6) is 0.824. The first-order valence-electron chi connectivity index (χ1n) is 2.88. The average molecular weight is 95.2 g/mol. The van der Waals surface area contributed by atoms with Crippen molar-refractivity contribution in [3.63, 3.8) is 0 Å². The van der Waals surface area contributed by atoms with Gasteiger partial charge in [0.05, 0.1) is 0 Å². The zero-order valence-electron chi connectivity index (χ0n) is 4.72. The molecule has 0 unspecified atom stereocenters. The Hall–Kier alpha value is -0.260. The van der Waals surface area contributed by atoms with Gasteiger partial charge in [-0.2, -0.15) is 0 Å². The number of rotatable bonds is 0. The quantitative estimate of drug-likeness (QED) is 0.404. The first kappa shape index (κ1) is 4.89. The van der Waals surface area contributed by atoms with Crippen LogP contribution in [0.4, 0.5) is 0 Å². The van der Waals surface area contributed by atoms with Gasteiger partial charge in [0.25, 0.3) is 0 Å². The lowest BCUT2D eigenvalue weighted by atomic mass is 9.97. The van der Waals surface area contributed by atoms with Gasteiger partial charge in [-0.15, -0.1) is 0 Å². The third kappa shape index (κ3) is 1.34. The highest BCUT2D eigenvalue weighted by atomic mass is 14.1. The zero-order valence-corrected chi connectivity index (χ0v) is 4.72. The molecule has 0 saturated heterocycles. The van der Waals surface area contributed by atoms with Crippen molar-refractivity contribution in [2.75, 3.05) is 0 Å². The van der Waals surface area contributed by atoms with E-state index >= 15 is 0 Å². The summed E-state index contributed by atoms with van der Waals surface area (Å²) in [5.41, 5.74) is 0. The molecule has 0 heteroatoms. The predicted octanol–water partition coefficient (Wildman–Crippen LogP) is 2.18. The largest absolute Gasteiger partial charge is 0.0883 e. The summed E-state index contributed by atoms with van der Waals surface area (Å²) in [5, 5.41) is 0. The van der Waals surface area contributed by atoms with Gasteiger partial charge in [-0.05, 0) is 25.2 Å². The molecular formula is C7H11. The lowest BCUT2D eigenvalue weighted by Gasteiger charge is -2.09. The summed E-state index contributed by atoms with van der Waals surface area (Å²) >= 11 is 0. The minimum absolute atomic E-state index is 0.824. The first-order valence-corrected chi connectivity index (χ1v) is 2.88. The Morgan fingerprint density at radius 3 is 2.57 bits per heavy atom. The van der Waals surface area contributed by atoms with Gasteiger partial charge in [-0.1, -0.05) is 19.1 Å². The van der Waals surface area contributed by atoms with Crippen LogP contribution in [0.25, 0.3) is 0 Å². The number of hydrogen-bond donors (Lipinski definition) is 0. The van der Waals surface area contributed by atoms with E-state index in [0.717, 1.165) is 5.92 Å². The Morgan fingerprint density at radius 2 is 2.29 bits per heavy atom. The highest BCUT2D eigenvalue weighted by Crippen LogP contribution is 2.14. The standard InChI is InChI=1S/C7H11/c1-7-5-3-2-4-6-7/h2-3,6-7H,4-5H2,1H3/t7-/m0/s1. The second kappa shape index (κ2) is 2.15. The van der Waals surface area contributed by atoms with Crippen molar-refractivity contribution in [3.8, 4) is 0 Å². The smallest absolute Gasteiger partial charge is 0.0317 e. The summed E-state index contributed by atoms with van der Waals surface area (Å²) in [7, 11) is 0. The number of allylic oxidation sites excluding steroid dienone is 2. The first-order chi connectivity index (χ1) is 3.39. The van der Waals surface area contributed by atoms with E-state index in [4.69, 9.17) is 0 Å². The summed E-state index contributed by atoms with van der Waals surface area (Å²) in [6, 6.07) is 0. The van der Waals surface area contributed by atoms with Crippen LogP contribution >= 0.6 is 0 Å². The van der Waals surface area contributed by atoms with Gasteiger partial charge in [-0.25, -0.2) is 0 Å². The second-order valence-electron chi connectivity index (χ2n) is 2.16. The van der Waals surface area contributed by atoms with E-state index in [0.29, 0.717) is 0 Å². The summed E-state index contributed by atoms with van der Waals surface area (Å²) in [4.78, 5) is 0. The molecule has 0 aromatic rings. The van der Waals surface area contributed by atoms with Crippen molar-refractivity contribution in [3.05, 3.63) is 18.6 Å². The molecule has 1 aliphatic carbocycles. The molecule has 0 aromatic carbocycles. The molecule has 0 bridgehead atoms. The topological polar surface area (TPSA) is 0 Å². The van der Waals surface area contributed by atoms with Gasteiger partial charge in [-0.3, -0.25) is 0 Å². The van der Waals surface area contributed by atoms with Gasteiger partial charge in [0, 0.05) is 0 Å². The fraction of sp³-hybridized carbons (Fsp3) is 0.571. The van der Waals surface area contributed by atoms with Crippen LogP contribution in [0.2, 0.25) is 0 Å². The molecule has 0 fully saturated rings. The van der Waals surface area contributed by atoms with Crippen molar-refractivity contribution < 1.29 is 0 Å². The normalized spacial score (nSPS) is 30.7. The highest BCUT2D eigenvalue weighted by molar-refractivity contribution is 4.96. The van der Waals surface area contributed by atoms with E-state index in [9.17, 15) is 0 Å². The summed E-state index contributed by atoms with van der Waals surface area (Å²) in [6.45, 7) is 2.25. The molecule has 1 rings (SSSR count). The zero-order chi connectivity index (χ0) is 5.11. The molecule has 7 heavy (non-hydrogen) atoms. The fourth-order valence-electron chi connectivity index (χ4n) is 0.814. The number of hydrogen-bond acceptors (Lipinski definition) is 0. The highest BCUT2D eigenvalue weighted by Gasteiger charge is 2.00. The molecule has 0 amide bonds. The second-order valence-corrected chi connectivity index (χ2v) is 2.16. The molecule has 0 nitrogen and oxygen atoms in total. The molecule has 39 valence electrons. The van der Waals surface area contributed by atoms with Gasteiger partial charge in [0.15, 0.2) is 0 Å². The van der Waals surface area contributed by atoms with E-state index < -0.39 is 0 Å². The van der Waals surface area contributed by atoms with Crippen LogP contribution in [-0.4, -0.2) is 0 Å². The molecule has 0 aliphatic heterocycles. The minimum Gasteiger partial charge on any atom is -0.0883 e. The minimum atomic E-state index is 0.824. The van der Waals surface area contributed by atoms with Crippen molar-refractivity contribution in [1.82, 2.24) is 0 Å². The van der Waals surface area contributed by atoms with Crippen LogP contribution in [-0.2, 0) is 0 Å². The molecule has 0 saturated carbocycles. The average Bonchev–Trinajstić information content (AvgIpc) is 1.69. The van der Waals surface area contributed by atoms with Gasteiger partial charge < -0.3 is 0 Å². The lowest BCUT2D eigenvalue weighted by Crippen LogP contribution is -1.95. The Kier molecular flexibility index (Phi) is 1.50. The molecule has 0 spiro atoms. The van der Waals surface area contributed by atoms with E-state index in [1.165, 1.54) is 12.8 Å². The SMILES string of the molecule is C[C@@H]1[CH]CC=CC1. The fourth-order valence-corrected chi connectivity index (χ4v) is 0.814. The lowest BCUT2D eigenvalue weighted by molar-refractivity contribution is 0.650. The third-order valence-corrected chi connectivity index (χ3v) is 1.35. The van der Waals surface area contributed by atoms with E-state index in [1.807, 2.05) is 0 Å². The molecular weight excluding hydrogens is 84.1 g/mol. The molecule has 1 atom stereocenters. The Bertz CT molecular complexity index is 72.1. The van der Waals surface area contributed by atoms with Crippen LogP contribution in [0, 0.1) is 12.3 Å². The van der Waals surface area contributed by atoms with Crippen LogP contribution in [0.5, 0.6) is 0 Å². The van der Waals surface area contributed by atoms with Crippen molar-refractivity contribution in [1.29, 1.82) is 0 Å². The van der Waals surface area contributed by atoms with Crippen molar-refractivity contribution in [2.45, 2.75) is 19.8 Å². The maximum absolute atomic E-state index is 2.35. The summed E-state index contributed by atoms with van der Waals surface area (Å²) in [6.07, 6.45) is 9.26. The van der Waals surface area contributed by atoms with Crippen molar-refractivity contribution >= 4 is 0 Å². The third-order valence-electron chi connectivity index (χ3n) is 1.35. The molecule has 0 N–H and O–H groups in total. The van der Waals surface area contributed by atoms with E-state index in [1.54, 1.807) is 0 Å². The predicted molar refractivity (Wildman–Crippen MR) is 31.8 cm³/mol. The van der Waals surface area contributed by atoms with E-state index in [-0.39, 0.29) is 0 Å². The Morgan fingerprint density at radius 1 is 1.43 bits per heavy atom. The van der Waals surface area contributed by atoms with Crippen molar-refractivity contribution in [2.24, 2.45) is 5.92 Å². The van der Waals surface area contributed by atoms with Crippen LogP contribution in [0.3, 0.4) is 0 Å². The summed E-state index contributed by atoms with van der Waals surface area (Å²) < 4.78 is 0. The Balaban J connectivity index is 2.32.